The summed E-state index contributed by atoms with van der Waals surface area (Å²) in [5.74, 6) is 0. The van der Waals surface area contributed by atoms with E-state index in [9.17, 15) is 8.42 Å². The van der Waals surface area contributed by atoms with E-state index in [0.717, 1.165) is 32.4 Å². The van der Waals surface area contributed by atoms with Crippen molar-refractivity contribution >= 4 is 33.2 Å². The quantitative estimate of drug-likeness (QED) is 0.923. The van der Waals surface area contributed by atoms with E-state index in [1.165, 1.54) is 16.4 Å². The third-order valence-electron chi connectivity index (χ3n) is 3.61. The maximum atomic E-state index is 12.7. The zero-order chi connectivity index (χ0) is 14.8. The normalized spacial score (nSPS) is 20.9. The van der Waals surface area contributed by atoms with Crippen LogP contribution in [0.1, 0.15) is 19.3 Å². The molecular weight excluding hydrogens is 319 g/mol. The van der Waals surface area contributed by atoms with Gasteiger partial charge < -0.3 is 5.32 Å². The average molecular weight is 337 g/mol. The summed E-state index contributed by atoms with van der Waals surface area (Å²) in [7, 11) is -2.01. The Hall–Kier alpha value is -0.330. The van der Waals surface area contributed by atoms with Gasteiger partial charge in [0.15, 0.2) is 0 Å². The summed E-state index contributed by atoms with van der Waals surface area (Å²) in [6.45, 7) is 1.76. The maximum Gasteiger partial charge on any atom is 0.244 e. The molecule has 1 N–H and O–H groups in total. The van der Waals surface area contributed by atoms with Crippen molar-refractivity contribution in [3.8, 4) is 0 Å². The van der Waals surface area contributed by atoms with E-state index in [1.54, 1.807) is 13.1 Å². The first-order valence-electron chi connectivity index (χ1n) is 6.57. The molecular formula is C13H18Cl2N2O2S. The number of halogens is 2. The Kier molecular flexibility index (Phi) is 5.31. The molecule has 0 saturated carbocycles. The molecule has 1 heterocycles. The van der Waals surface area contributed by atoms with E-state index in [0.29, 0.717) is 5.02 Å². The fourth-order valence-electron chi connectivity index (χ4n) is 2.39. The molecule has 0 amide bonds. The van der Waals surface area contributed by atoms with E-state index < -0.39 is 10.0 Å². The number of benzene rings is 1. The van der Waals surface area contributed by atoms with Gasteiger partial charge in [-0.2, -0.15) is 4.31 Å². The minimum absolute atomic E-state index is 0.00921. The van der Waals surface area contributed by atoms with E-state index in [1.807, 2.05) is 0 Å². The van der Waals surface area contributed by atoms with Gasteiger partial charge in [-0.3, -0.25) is 0 Å². The fraction of sp³-hybridized carbons (Fsp3) is 0.538. The van der Waals surface area contributed by atoms with Crippen molar-refractivity contribution in [2.75, 3.05) is 20.1 Å². The first kappa shape index (κ1) is 16.0. The summed E-state index contributed by atoms with van der Waals surface area (Å²) in [5, 5.41) is 3.84. The van der Waals surface area contributed by atoms with Crippen molar-refractivity contribution in [1.82, 2.24) is 9.62 Å². The van der Waals surface area contributed by atoms with Crippen LogP contribution in [-0.2, 0) is 10.0 Å². The Morgan fingerprint density at radius 3 is 2.75 bits per heavy atom. The molecule has 0 bridgehead atoms. The van der Waals surface area contributed by atoms with Gasteiger partial charge in [0.05, 0.1) is 5.02 Å². The predicted molar refractivity (Wildman–Crippen MR) is 81.9 cm³/mol. The highest BCUT2D eigenvalue weighted by Crippen LogP contribution is 2.29. The second kappa shape index (κ2) is 6.62. The van der Waals surface area contributed by atoms with Gasteiger partial charge in [-0.25, -0.2) is 8.42 Å². The lowest BCUT2D eigenvalue weighted by molar-refractivity contribution is 0.341. The van der Waals surface area contributed by atoms with Crippen LogP contribution in [0.15, 0.2) is 23.1 Å². The number of sulfonamides is 1. The van der Waals surface area contributed by atoms with Gasteiger partial charge in [0.2, 0.25) is 10.0 Å². The van der Waals surface area contributed by atoms with E-state index >= 15 is 0 Å². The third kappa shape index (κ3) is 3.46. The zero-order valence-electron chi connectivity index (χ0n) is 11.3. The molecule has 0 aliphatic carbocycles. The molecule has 1 atom stereocenters. The molecule has 1 aliphatic rings. The van der Waals surface area contributed by atoms with Gasteiger partial charge in [-0.15, -0.1) is 0 Å². The van der Waals surface area contributed by atoms with Crippen molar-refractivity contribution in [2.45, 2.75) is 30.2 Å². The standard InChI is InChI=1S/C13H18Cl2N2O2S/c1-17(11-3-2-7-16-8-6-11)20(18,19)13-9-10(14)4-5-12(13)15/h4-5,9,11,16H,2-3,6-8H2,1H3. The topological polar surface area (TPSA) is 49.4 Å². The lowest BCUT2D eigenvalue weighted by atomic mass is 10.1. The molecule has 20 heavy (non-hydrogen) atoms. The third-order valence-corrected chi connectivity index (χ3v) is 6.24. The number of rotatable bonds is 3. The van der Waals surface area contributed by atoms with E-state index in [-0.39, 0.29) is 16.0 Å². The van der Waals surface area contributed by atoms with E-state index in [2.05, 4.69) is 5.32 Å². The first-order valence-corrected chi connectivity index (χ1v) is 8.76. The van der Waals surface area contributed by atoms with Crippen molar-refractivity contribution < 1.29 is 8.42 Å². The Morgan fingerprint density at radius 1 is 1.25 bits per heavy atom. The molecule has 112 valence electrons. The van der Waals surface area contributed by atoms with Crippen LogP contribution in [0.4, 0.5) is 0 Å². The summed E-state index contributed by atoms with van der Waals surface area (Å²) in [4.78, 5) is 0.0753. The molecule has 7 heteroatoms. The summed E-state index contributed by atoms with van der Waals surface area (Å²) in [5.41, 5.74) is 0. The SMILES string of the molecule is CN(C1CCCNCC1)S(=O)(=O)c1cc(Cl)ccc1Cl. The minimum Gasteiger partial charge on any atom is -0.317 e. The fourth-order valence-corrected chi connectivity index (χ4v) is 4.54. The Labute approximate surface area is 130 Å². The molecule has 1 unspecified atom stereocenters. The van der Waals surface area contributed by atoms with Crippen LogP contribution in [0, 0.1) is 0 Å². The van der Waals surface area contributed by atoms with Crippen LogP contribution in [0.3, 0.4) is 0 Å². The number of nitrogens with one attached hydrogen (secondary N) is 1. The van der Waals surface area contributed by atoms with Gasteiger partial charge in [0, 0.05) is 18.1 Å². The van der Waals surface area contributed by atoms with Crippen LogP contribution in [0.5, 0.6) is 0 Å². The van der Waals surface area contributed by atoms with Crippen LogP contribution >= 0.6 is 23.2 Å². The molecule has 0 aromatic heterocycles. The smallest absolute Gasteiger partial charge is 0.244 e. The Morgan fingerprint density at radius 2 is 2.00 bits per heavy atom. The van der Waals surface area contributed by atoms with E-state index in [4.69, 9.17) is 23.2 Å². The second-order valence-electron chi connectivity index (χ2n) is 4.93. The Bertz CT molecular complexity index is 570. The van der Waals surface area contributed by atoms with Crippen molar-refractivity contribution in [2.24, 2.45) is 0 Å². The molecule has 4 nitrogen and oxygen atoms in total. The van der Waals surface area contributed by atoms with Gasteiger partial charge in [0.25, 0.3) is 0 Å². The summed E-state index contributed by atoms with van der Waals surface area (Å²) >= 11 is 11.9. The molecule has 0 radical (unpaired) electrons. The number of hydrogen-bond donors (Lipinski definition) is 1. The average Bonchev–Trinajstić information content (AvgIpc) is 2.69. The van der Waals surface area contributed by atoms with Gasteiger partial charge in [-0.05, 0) is 50.6 Å². The highest BCUT2D eigenvalue weighted by molar-refractivity contribution is 7.89. The number of nitrogens with zero attached hydrogens (tertiary/aromatic N) is 1. The molecule has 1 fully saturated rings. The highest BCUT2D eigenvalue weighted by atomic mass is 35.5. The number of hydrogen-bond acceptors (Lipinski definition) is 3. The highest BCUT2D eigenvalue weighted by Gasteiger charge is 2.30. The summed E-state index contributed by atoms with van der Waals surface area (Å²) in [6.07, 6.45) is 2.61. The molecule has 0 spiro atoms. The molecule has 1 aliphatic heterocycles. The Balaban J connectivity index is 2.31. The first-order chi connectivity index (χ1) is 9.43. The molecule has 1 aromatic rings. The lowest BCUT2D eigenvalue weighted by Crippen LogP contribution is -2.37. The zero-order valence-corrected chi connectivity index (χ0v) is 13.6. The van der Waals surface area contributed by atoms with Gasteiger partial charge >= 0.3 is 0 Å². The summed E-state index contributed by atoms with van der Waals surface area (Å²) < 4.78 is 26.8. The minimum atomic E-state index is -3.62. The van der Waals surface area contributed by atoms with Crippen LogP contribution in [-0.4, -0.2) is 38.9 Å². The largest absolute Gasteiger partial charge is 0.317 e. The second-order valence-corrected chi connectivity index (χ2v) is 7.74. The van der Waals surface area contributed by atoms with Crippen LogP contribution in [0.25, 0.3) is 0 Å². The molecule has 1 saturated heterocycles. The summed E-state index contributed by atoms with van der Waals surface area (Å²) in [6, 6.07) is 4.49. The lowest BCUT2D eigenvalue weighted by Gasteiger charge is -2.26. The van der Waals surface area contributed by atoms with Crippen molar-refractivity contribution in [1.29, 1.82) is 0 Å². The molecule has 2 rings (SSSR count). The van der Waals surface area contributed by atoms with Crippen molar-refractivity contribution in [3.05, 3.63) is 28.2 Å². The van der Waals surface area contributed by atoms with Crippen LogP contribution < -0.4 is 5.32 Å². The maximum absolute atomic E-state index is 12.7. The van der Waals surface area contributed by atoms with Gasteiger partial charge in [0.1, 0.15) is 4.90 Å². The van der Waals surface area contributed by atoms with Gasteiger partial charge in [-0.1, -0.05) is 23.2 Å². The molecule has 1 aromatic carbocycles. The predicted octanol–water partition coefficient (Wildman–Crippen LogP) is 2.76. The van der Waals surface area contributed by atoms with Crippen molar-refractivity contribution in [3.63, 3.8) is 0 Å². The monoisotopic (exact) mass is 336 g/mol. The van der Waals surface area contributed by atoms with Crippen LogP contribution in [0.2, 0.25) is 10.0 Å².